The van der Waals surface area contributed by atoms with Crippen molar-refractivity contribution in [3.8, 4) is 0 Å². The number of H-pyrrole nitrogens is 1. The van der Waals surface area contributed by atoms with E-state index in [2.05, 4.69) is 30.9 Å². The van der Waals surface area contributed by atoms with E-state index in [0.29, 0.717) is 42.9 Å². The van der Waals surface area contributed by atoms with E-state index in [1.54, 1.807) is 6.07 Å². The molecule has 168 valence electrons. The molecule has 2 aromatic heterocycles. The minimum absolute atomic E-state index is 0.0224. The highest BCUT2D eigenvalue weighted by molar-refractivity contribution is 5.77. The summed E-state index contributed by atoms with van der Waals surface area (Å²) in [5.41, 5.74) is 1.66. The van der Waals surface area contributed by atoms with Crippen LogP contribution in [0.5, 0.6) is 0 Å². The van der Waals surface area contributed by atoms with Crippen molar-refractivity contribution in [1.82, 2.24) is 34.6 Å². The summed E-state index contributed by atoms with van der Waals surface area (Å²) in [4.78, 5) is 41.0. The van der Waals surface area contributed by atoms with Crippen LogP contribution < -0.4 is 10.9 Å². The Morgan fingerprint density at radius 2 is 1.91 bits per heavy atom. The van der Waals surface area contributed by atoms with Gasteiger partial charge in [0.25, 0.3) is 5.56 Å². The smallest absolute Gasteiger partial charge is 0.317 e. The molecular formula is C23H29N7O2. The number of imidazole rings is 1. The standard InChI is InChI=1S/C23H29N7O2/c31-22-18-5-1-2-6-19(18)26-20(27-22)16-28-11-13-29(14-12-28)23(32)24-9-8-17-15-30-10-4-3-7-21(30)25-17/h1-2,5-6,15H,3-4,7-14,16H2,(H,24,32)(H,26,27,31). The SMILES string of the molecule is O=C(NCCc1cn2c(n1)CCCC2)N1CCN(Cc2nc3ccccc3c(=O)[nH]2)CC1. The fourth-order valence-corrected chi connectivity index (χ4v) is 4.53. The van der Waals surface area contributed by atoms with E-state index in [4.69, 9.17) is 4.98 Å². The lowest BCUT2D eigenvalue weighted by molar-refractivity contribution is 0.133. The summed E-state index contributed by atoms with van der Waals surface area (Å²) in [6, 6.07) is 7.34. The lowest BCUT2D eigenvalue weighted by atomic mass is 10.2. The van der Waals surface area contributed by atoms with Crippen molar-refractivity contribution >= 4 is 16.9 Å². The van der Waals surface area contributed by atoms with Crippen LogP contribution in [0.4, 0.5) is 4.79 Å². The van der Waals surface area contributed by atoms with Crippen molar-refractivity contribution in [3.63, 3.8) is 0 Å². The maximum absolute atomic E-state index is 12.5. The minimum Gasteiger partial charge on any atom is -0.338 e. The van der Waals surface area contributed by atoms with Crippen LogP contribution in [-0.2, 0) is 25.9 Å². The van der Waals surface area contributed by atoms with E-state index in [0.717, 1.165) is 38.2 Å². The fraction of sp³-hybridized carbons (Fsp3) is 0.478. The molecule has 1 fully saturated rings. The number of rotatable bonds is 5. The number of urea groups is 1. The number of aromatic amines is 1. The second kappa shape index (κ2) is 9.12. The zero-order valence-electron chi connectivity index (χ0n) is 18.2. The zero-order chi connectivity index (χ0) is 21.9. The summed E-state index contributed by atoms with van der Waals surface area (Å²) in [5, 5.41) is 3.64. The number of piperazine rings is 1. The van der Waals surface area contributed by atoms with Crippen LogP contribution in [0.25, 0.3) is 10.9 Å². The van der Waals surface area contributed by atoms with Gasteiger partial charge in [0, 0.05) is 58.3 Å². The molecule has 1 aromatic carbocycles. The summed E-state index contributed by atoms with van der Waals surface area (Å²) in [6.45, 7) is 5.03. The van der Waals surface area contributed by atoms with Gasteiger partial charge in [0.15, 0.2) is 0 Å². The second-order valence-electron chi connectivity index (χ2n) is 8.57. The molecule has 9 nitrogen and oxygen atoms in total. The Labute approximate surface area is 186 Å². The Kier molecular flexibility index (Phi) is 5.89. The molecule has 5 rings (SSSR count). The van der Waals surface area contributed by atoms with Gasteiger partial charge in [-0.05, 0) is 25.0 Å². The highest BCUT2D eigenvalue weighted by Gasteiger charge is 2.22. The van der Waals surface area contributed by atoms with Gasteiger partial charge < -0.3 is 19.8 Å². The first-order valence-corrected chi connectivity index (χ1v) is 11.4. The first-order valence-electron chi connectivity index (χ1n) is 11.4. The number of carbonyl (C=O) groups excluding carboxylic acids is 1. The van der Waals surface area contributed by atoms with Crippen LogP contribution in [0.2, 0.25) is 0 Å². The maximum Gasteiger partial charge on any atom is 0.317 e. The summed E-state index contributed by atoms with van der Waals surface area (Å²) in [5.74, 6) is 1.84. The molecule has 0 bridgehead atoms. The van der Waals surface area contributed by atoms with Crippen LogP contribution in [0.1, 0.15) is 30.2 Å². The molecule has 3 aromatic rings. The predicted molar refractivity (Wildman–Crippen MR) is 121 cm³/mol. The van der Waals surface area contributed by atoms with E-state index in [1.165, 1.54) is 18.7 Å². The van der Waals surface area contributed by atoms with E-state index in [-0.39, 0.29) is 11.6 Å². The Morgan fingerprint density at radius 3 is 2.75 bits per heavy atom. The predicted octanol–water partition coefficient (Wildman–Crippen LogP) is 1.53. The van der Waals surface area contributed by atoms with Crippen LogP contribution >= 0.6 is 0 Å². The molecule has 0 radical (unpaired) electrons. The summed E-state index contributed by atoms with van der Waals surface area (Å²) in [7, 11) is 0. The maximum atomic E-state index is 12.5. The Balaban J connectivity index is 1.08. The number of para-hydroxylation sites is 1. The van der Waals surface area contributed by atoms with Gasteiger partial charge in [-0.1, -0.05) is 12.1 Å². The molecule has 32 heavy (non-hydrogen) atoms. The van der Waals surface area contributed by atoms with E-state index in [9.17, 15) is 9.59 Å². The quantitative estimate of drug-likeness (QED) is 0.633. The van der Waals surface area contributed by atoms with E-state index >= 15 is 0 Å². The van der Waals surface area contributed by atoms with Crippen molar-refractivity contribution in [3.05, 3.63) is 58.2 Å². The molecule has 1 saturated heterocycles. The molecule has 0 atom stereocenters. The van der Waals surface area contributed by atoms with Crippen molar-refractivity contribution in [2.75, 3.05) is 32.7 Å². The largest absolute Gasteiger partial charge is 0.338 e. The molecule has 2 aliphatic rings. The van der Waals surface area contributed by atoms with Crippen molar-refractivity contribution in [2.24, 2.45) is 0 Å². The molecule has 2 amide bonds. The van der Waals surface area contributed by atoms with Gasteiger partial charge in [0.05, 0.1) is 23.1 Å². The third-order valence-corrected chi connectivity index (χ3v) is 6.31. The van der Waals surface area contributed by atoms with Gasteiger partial charge in [0.2, 0.25) is 0 Å². The monoisotopic (exact) mass is 435 g/mol. The molecule has 0 saturated carbocycles. The highest BCUT2D eigenvalue weighted by atomic mass is 16.2. The molecule has 2 aliphatic heterocycles. The van der Waals surface area contributed by atoms with Crippen molar-refractivity contribution in [2.45, 2.75) is 38.8 Å². The number of nitrogens with one attached hydrogen (secondary N) is 2. The molecular weight excluding hydrogens is 406 g/mol. The summed E-state index contributed by atoms with van der Waals surface area (Å²) >= 11 is 0. The summed E-state index contributed by atoms with van der Waals surface area (Å²) < 4.78 is 2.25. The van der Waals surface area contributed by atoms with Gasteiger partial charge >= 0.3 is 6.03 Å². The second-order valence-corrected chi connectivity index (χ2v) is 8.57. The zero-order valence-corrected chi connectivity index (χ0v) is 18.2. The number of hydrogen-bond donors (Lipinski definition) is 2. The first-order chi connectivity index (χ1) is 15.7. The number of aromatic nitrogens is 4. The van der Waals surface area contributed by atoms with E-state index in [1.807, 2.05) is 23.1 Å². The number of nitrogens with zero attached hydrogens (tertiary/aromatic N) is 5. The van der Waals surface area contributed by atoms with Crippen LogP contribution in [0.15, 0.2) is 35.3 Å². The summed E-state index contributed by atoms with van der Waals surface area (Å²) in [6.07, 6.45) is 6.38. The lowest BCUT2D eigenvalue weighted by Crippen LogP contribution is -2.51. The third kappa shape index (κ3) is 4.52. The van der Waals surface area contributed by atoms with Crippen molar-refractivity contribution in [1.29, 1.82) is 0 Å². The van der Waals surface area contributed by atoms with Gasteiger partial charge in [-0.25, -0.2) is 14.8 Å². The average Bonchev–Trinajstić information content (AvgIpc) is 3.22. The van der Waals surface area contributed by atoms with Gasteiger partial charge in [-0.2, -0.15) is 0 Å². The number of hydrogen-bond acceptors (Lipinski definition) is 5. The number of benzene rings is 1. The Bertz CT molecular complexity index is 1140. The fourth-order valence-electron chi connectivity index (χ4n) is 4.53. The number of carbonyl (C=O) groups is 1. The average molecular weight is 436 g/mol. The Hall–Kier alpha value is -3.20. The van der Waals surface area contributed by atoms with Gasteiger partial charge in [-0.15, -0.1) is 0 Å². The lowest BCUT2D eigenvalue weighted by Gasteiger charge is -2.34. The molecule has 2 N–H and O–H groups in total. The van der Waals surface area contributed by atoms with E-state index < -0.39 is 0 Å². The van der Waals surface area contributed by atoms with Gasteiger partial charge in [-0.3, -0.25) is 9.69 Å². The van der Waals surface area contributed by atoms with Crippen molar-refractivity contribution < 1.29 is 4.79 Å². The molecule has 0 unspecified atom stereocenters. The molecule has 9 heteroatoms. The van der Waals surface area contributed by atoms with Crippen LogP contribution in [-0.4, -0.2) is 68.1 Å². The molecule has 0 aliphatic carbocycles. The topological polar surface area (TPSA) is 99.2 Å². The normalized spacial score (nSPS) is 16.8. The van der Waals surface area contributed by atoms with Crippen LogP contribution in [0.3, 0.4) is 0 Å². The number of amides is 2. The molecule has 4 heterocycles. The Morgan fingerprint density at radius 1 is 1.06 bits per heavy atom. The minimum atomic E-state index is -0.109. The van der Waals surface area contributed by atoms with Gasteiger partial charge in [0.1, 0.15) is 11.6 Å². The highest BCUT2D eigenvalue weighted by Crippen LogP contribution is 2.15. The third-order valence-electron chi connectivity index (χ3n) is 6.31. The first kappa shape index (κ1) is 20.7. The number of aryl methyl sites for hydroxylation is 2. The number of fused-ring (bicyclic) bond motifs is 2. The van der Waals surface area contributed by atoms with Crippen LogP contribution in [0, 0.1) is 0 Å². The molecule has 0 spiro atoms.